The maximum absolute atomic E-state index is 13.8. The highest BCUT2D eigenvalue weighted by molar-refractivity contribution is 7.93. The van der Waals surface area contributed by atoms with Crippen molar-refractivity contribution in [2.45, 2.75) is 11.1 Å². The molecular weight excluding hydrogens is 428 g/mol. The summed E-state index contributed by atoms with van der Waals surface area (Å²) in [5.74, 6) is -0.247. The molecule has 30 heavy (non-hydrogen) atoms. The number of hydrogen-bond donors (Lipinski definition) is 1. The van der Waals surface area contributed by atoms with Crippen molar-refractivity contribution in [2.75, 3.05) is 11.4 Å². The highest BCUT2D eigenvalue weighted by Gasteiger charge is 2.42. The van der Waals surface area contributed by atoms with Gasteiger partial charge in [0, 0.05) is 16.1 Å². The van der Waals surface area contributed by atoms with Crippen LogP contribution in [0.5, 0.6) is 11.5 Å². The van der Waals surface area contributed by atoms with Gasteiger partial charge in [0.25, 0.3) is 10.0 Å². The lowest BCUT2D eigenvalue weighted by molar-refractivity contribution is 0.100. The molecule has 3 aromatic carbocycles. The van der Waals surface area contributed by atoms with Crippen LogP contribution in [0.2, 0.25) is 5.02 Å². The maximum atomic E-state index is 13.8. The van der Waals surface area contributed by atoms with Crippen molar-refractivity contribution < 1.29 is 22.7 Å². The molecule has 7 nitrogen and oxygen atoms in total. The van der Waals surface area contributed by atoms with Crippen LogP contribution in [0.15, 0.2) is 71.6 Å². The number of methoxy groups -OCH3 is 1. The first-order valence-corrected chi connectivity index (χ1v) is 10.7. The third-order valence-electron chi connectivity index (χ3n) is 4.68. The van der Waals surface area contributed by atoms with Gasteiger partial charge >= 0.3 is 0 Å². The summed E-state index contributed by atoms with van der Waals surface area (Å²) in [5, 5.41) is 0.233. The zero-order valence-electron chi connectivity index (χ0n) is 15.8. The van der Waals surface area contributed by atoms with Crippen molar-refractivity contribution in [2.24, 2.45) is 5.73 Å². The molecule has 9 heteroatoms. The fourth-order valence-electron chi connectivity index (χ4n) is 3.27. The van der Waals surface area contributed by atoms with Gasteiger partial charge in [-0.25, -0.2) is 12.7 Å². The number of fused-ring (bicyclic) bond motifs is 1. The zero-order valence-corrected chi connectivity index (χ0v) is 17.4. The third-order valence-corrected chi connectivity index (χ3v) is 6.70. The van der Waals surface area contributed by atoms with E-state index in [9.17, 15) is 13.2 Å². The predicted octanol–water partition coefficient (Wildman–Crippen LogP) is 3.73. The van der Waals surface area contributed by atoms with Gasteiger partial charge in [-0.3, -0.25) is 4.79 Å². The molecule has 1 heterocycles. The number of halogens is 1. The van der Waals surface area contributed by atoms with Crippen LogP contribution in [0.3, 0.4) is 0 Å². The van der Waals surface area contributed by atoms with E-state index in [2.05, 4.69) is 0 Å². The number of ether oxygens (including phenoxy) is 2. The molecular formula is C21H17ClN2O5S. The fourth-order valence-corrected chi connectivity index (χ4v) is 5.22. The van der Waals surface area contributed by atoms with E-state index in [1.165, 1.54) is 43.5 Å². The molecule has 3 aromatic rings. The molecule has 0 saturated heterocycles. The van der Waals surface area contributed by atoms with Gasteiger partial charge in [0.2, 0.25) is 12.1 Å². The summed E-state index contributed by atoms with van der Waals surface area (Å²) in [7, 11) is -2.84. The second-order valence-electron chi connectivity index (χ2n) is 6.52. The van der Waals surface area contributed by atoms with Gasteiger partial charge in [-0.15, -0.1) is 0 Å². The predicted molar refractivity (Wildman–Crippen MR) is 112 cm³/mol. The molecule has 0 fully saturated rings. The van der Waals surface area contributed by atoms with E-state index >= 15 is 0 Å². The Balaban J connectivity index is 1.95. The molecule has 0 aliphatic carbocycles. The lowest BCUT2D eigenvalue weighted by Crippen LogP contribution is -2.34. The number of rotatable bonds is 5. The molecule has 1 unspecified atom stereocenters. The Hall–Kier alpha value is -3.23. The molecule has 1 aliphatic rings. The number of benzene rings is 3. The molecule has 0 radical (unpaired) electrons. The van der Waals surface area contributed by atoms with E-state index in [0.29, 0.717) is 11.3 Å². The van der Waals surface area contributed by atoms with E-state index in [0.717, 1.165) is 4.31 Å². The minimum Gasteiger partial charge on any atom is -0.495 e. The van der Waals surface area contributed by atoms with Crippen LogP contribution in [0.4, 0.5) is 5.69 Å². The molecule has 1 atom stereocenters. The first-order chi connectivity index (χ1) is 14.3. The minimum absolute atomic E-state index is 0.126. The van der Waals surface area contributed by atoms with Crippen LogP contribution >= 0.6 is 11.6 Å². The van der Waals surface area contributed by atoms with Gasteiger partial charge in [-0.05, 0) is 36.4 Å². The Morgan fingerprint density at radius 3 is 2.50 bits per heavy atom. The van der Waals surface area contributed by atoms with Crippen LogP contribution in [0, 0.1) is 0 Å². The summed E-state index contributed by atoms with van der Waals surface area (Å²) >= 11 is 6.08. The molecule has 1 aliphatic heterocycles. The molecule has 154 valence electrons. The number of anilines is 1. The largest absolute Gasteiger partial charge is 0.495 e. The Morgan fingerprint density at radius 1 is 1.10 bits per heavy atom. The Morgan fingerprint density at radius 2 is 1.83 bits per heavy atom. The standard InChI is InChI=1S/C21H17ClN2O5S/c1-28-18-10-8-15(22)12-19(18)30(26,27)24-16-11-14(20(23)25)7-9-17(16)29-21(24)13-5-3-2-4-6-13/h2-12,21H,1H3,(H2,23,25). The van der Waals surface area contributed by atoms with Crippen LogP contribution in [-0.2, 0) is 10.0 Å². The lowest BCUT2D eigenvalue weighted by Gasteiger charge is -2.26. The first-order valence-electron chi connectivity index (χ1n) is 8.86. The van der Waals surface area contributed by atoms with Crippen molar-refractivity contribution in [3.63, 3.8) is 0 Å². The average Bonchev–Trinajstić information content (AvgIpc) is 3.14. The third kappa shape index (κ3) is 3.34. The van der Waals surface area contributed by atoms with Crippen molar-refractivity contribution in [3.8, 4) is 11.5 Å². The van der Waals surface area contributed by atoms with Gasteiger partial charge in [0.1, 0.15) is 16.4 Å². The highest BCUT2D eigenvalue weighted by atomic mass is 35.5. The van der Waals surface area contributed by atoms with E-state index in [1.807, 2.05) is 6.07 Å². The number of carbonyl (C=O) groups is 1. The molecule has 1 amide bonds. The Kier molecular flexibility index (Phi) is 5.05. The minimum atomic E-state index is -4.21. The molecule has 0 bridgehead atoms. The van der Waals surface area contributed by atoms with Gasteiger partial charge in [-0.2, -0.15) is 0 Å². The Bertz CT molecular complexity index is 1230. The summed E-state index contributed by atoms with van der Waals surface area (Å²) in [6, 6.07) is 17.6. The molecule has 0 aromatic heterocycles. The van der Waals surface area contributed by atoms with Gasteiger partial charge < -0.3 is 15.2 Å². The monoisotopic (exact) mass is 444 g/mol. The highest BCUT2D eigenvalue weighted by Crippen LogP contribution is 2.48. The smallest absolute Gasteiger partial charge is 0.271 e. The summed E-state index contributed by atoms with van der Waals surface area (Å²) in [6.07, 6.45) is -0.988. The van der Waals surface area contributed by atoms with Crippen LogP contribution in [0.1, 0.15) is 22.1 Å². The van der Waals surface area contributed by atoms with Crippen LogP contribution in [-0.4, -0.2) is 21.4 Å². The normalized spacial score (nSPS) is 15.4. The molecule has 2 N–H and O–H groups in total. The van der Waals surface area contributed by atoms with Crippen LogP contribution < -0.4 is 19.5 Å². The van der Waals surface area contributed by atoms with E-state index in [4.69, 9.17) is 26.8 Å². The number of nitrogens with two attached hydrogens (primary N) is 1. The topological polar surface area (TPSA) is 98.9 Å². The number of nitrogens with zero attached hydrogens (tertiary/aromatic N) is 1. The van der Waals surface area contributed by atoms with E-state index in [-0.39, 0.29) is 26.9 Å². The summed E-state index contributed by atoms with van der Waals surface area (Å²) in [5.41, 5.74) is 6.36. The van der Waals surface area contributed by atoms with Gasteiger partial charge in [0.05, 0.1) is 12.8 Å². The quantitative estimate of drug-likeness (QED) is 0.646. The number of primary amides is 1. The zero-order chi connectivity index (χ0) is 21.5. The Labute approximate surface area is 178 Å². The number of amides is 1. The van der Waals surface area contributed by atoms with Crippen molar-refractivity contribution >= 4 is 33.2 Å². The van der Waals surface area contributed by atoms with Crippen molar-refractivity contribution in [1.82, 2.24) is 0 Å². The molecule has 0 spiro atoms. The summed E-state index contributed by atoms with van der Waals surface area (Å²) in [4.78, 5) is 11.6. The fraction of sp³-hybridized carbons (Fsp3) is 0.0952. The second-order valence-corrected chi connectivity index (χ2v) is 8.74. The number of hydrogen-bond acceptors (Lipinski definition) is 5. The lowest BCUT2D eigenvalue weighted by atomic mass is 10.2. The second kappa shape index (κ2) is 7.55. The first kappa shape index (κ1) is 20.1. The number of carbonyl (C=O) groups excluding carboxylic acids is 1. The maximum Gasteiger partial charge on any atom is 0.271 e. The van der Waals surface area contributed by atoms with Crippen molar-refractivity contribution in [3.05, 3.63) is 82.9 Å². The molecule has 4 rings (SSSR count). The van der Waals surface area contributed by atoms with E-state index in [1.54, 1.807) is 24.3 Å². The van der Waals surface area contributed by atoms with Crippen molar-refractivity contribution in [1.29, 1.82) is 0 Å². The summed E-state index contributed by atoms with van der Waals surface area (Å²) < 4.78 is 39.9. The number of sulfonamides is 1. The SMILES string of the molecule is COc1ccc(Cl)cc1S(=O)(=O)N1c2cc(C(N)=O)ccc2OC1c1ccccc1. The van der Waals surface area contributed by atoms with E-state index < -0.39 is 22.2 Å². The molecule has 0 saturated carbocycles. The average molecular weight is 445 g/mol. The van der Waals surface area contributed by atoms with Crippen LogP contribution in [0.25, 0.3) is 0 Å². The van der Waals surface area contributed by atoms with Gasteiger partial charge in [0.15, 0.2) is 0 Å². The van der Waals surface area contributed by atoms with Gasteiger partial charge in [-0.1, -0.05) is 41.9 Å². The summed E-state index contributed by atoms with van der Waals surface area (Å²) in [6.45, 7) is 0.